The van der Waals surface area contributed by atoms with Crippen molar-refractivity contribution in [1.82, 2.24) is 10.2 Å². The Kier molecular flexibility index (Phi) is 4.38. The van der Waals surface area contributed by atoms with Crippen LogP contribution >= 0.6 is 22.9 Å². The number of ether oxygens (including phenoxy) is 1. The van der Waals surface area contributed by atoms with Crippen molar-refractivity contribution in [2.75, 3.05) is 12.4 Å². The lowest BCUT2D eigenvalue weighted by atomic mass is 10.1. The Bertz CT molecular complexity index is 530. The summed E-state index contributed by atoms with van der Waals surface area (Å²) in [5, 5.41) is 13.3. The lowest BCUT2D eigenvalue weighted by Crippen LogP contribution is -1.95. The quantitative estimate of drug-likeness (QED) is 0.914. The standard InChI is InChI=1S/C12H14ClN3OS/c1-3-8-6-9(4-5-10(8)13)17-7-11-15-16-12(14-2)18-11/h4-6H,3,7H2,1-2H3,(H,14,16). The van der Waals surface area contributed by atoms with Gasteiger partial charge >= 0.3 is 0 Å². The van der Waals surface area contributed by atoms with Crippen molar-refractivity contribution in [2.45, 2.75) is 20.0 Å². The lowest BCUT2D eigenvalue weighted by Gasteiger charge is -2.06. The fraction of sp³-hybridized carbons (Fsp3) is 0.333. The molecule has 1 aromatic heterocycles. The number of hydrogen-bond acceptors (Lipinski definition) is 5. The van der Waals surface area contributed by atoms with Gasteiger partial charge in [0, 0.05) is 12.1 Å². The van der Waals surface area contributed by atoms with Gasteiger partial charge in [-0.15, -0.1) is 10.2 Å². The number of rotatable bonds is 5. The van der Waals surface area contributed by atoms with Crippen LogP contribution in [0.1, 0.15) is 17.5 Å². The number of aryl methyl sites for hydroxylation is 1. The van der Waals surface area contributed by atoms with E-state index in [0.29, 0.717) is 6.61 Å². The van der Waals surface area contributed by atoms with Crippen molar-refractivity contribution >= 4 is 28.1 Å². The van der Waals surface area contributed by atoms with Crippen molar-refractivity contribution in [3.8, 4) is 5.75 Å². The summed E-state index contributed by atoms with van der Waals surface area (Å²) in [6, 6.07) is 5.68. The summed E-state index contributed by atoms with van der Waals surface area (Å²) < 4.78 is 5.67. The van der Waals surface area contributed by atoms with Crippen LogP contribution in [0.4, 0.5) is 5.13 Å². The molecule has 96 valence electrons. The highest BCUT2D eigenvalue weighted by Gasteiger charge is 2.05. The molecule has 0 radical (unpaired) electrons. The van der Waals surface area contributed by atoms with Crippen molar-refractivity contribution in [3.63, 3.8) is 0 Å². The van der Waals surface area contributed by atoms with E-state index in [1.54, 1.807) is 0 Å². The smallest absolute Gasteiger partial charge is 0.205 e. The number of nitrogens with one attached hydrogen (secondary N) is 1. The molecule has 1 heterocycles. The predicted octanol–water partition coefficient (Wildman–Crippen LogP) is 3.37. The van der Waals surface area contributed by atoms with Gasteiger partial charge in [-0.2, -0.15) is 0 Å². The van der Waals surface area contributed by atoms with Crippen molar-refractivity contribution in [3.05, 3.63) is 33.8 Å². The molecule has 0 saturated heterocycles. The van der Waals surface area contributed by atoms with E-state index in [4.69, 9.17) is 16.3 Å². The van der Waals surface area contributed by atoms with Crippen molar-refractivity contribution in [2.24, 2.45) is 0 Å². The largest absolute Gasteiger partial charge is 0.486 e. The molecule has 2 rings (SSSR count). The van der Waals surface area contributed by atoms with Gasteiger partial charge in [-0.05, 0) is 30.2 Å². The Balaban J connectivity index is 2.01. The van der Waals surface area contributed by atoms with Crippen LogP contribution in [0.15, 0.2) is 18.2 Å². The molecule has 0 fully saturated rings. The third kappa shape index (κ3) is 3.11. The second-order valence-corrected chi connectivity index (χ2v) is 5.12. The van der Waals surface area contributed by atoms with Crippen LogP contribution in [0.5, 0.6) is 5.75 Å². The molecular formula is C12H14ClN3OS. The first-order valence-electron chi connectivity index (χ1n) is 5.64. The summed E-state index contributed by atoms with van der Waals surface area (Å²) in [5.74, 6) is 0.803. The summed E-state index contributed by atoms with van der Waals surface area (Å²) in [7, 11) is 1.82. The maximum atomic E-state index is 6.05. The van der Waals surface area contributed by atoms with E-state index in [1.165, 1.54) is 11.3 Å². The molecule has 0 aliphatic heterocycles. The molecule has 2 aromatic rings. The summed E-state index contributed by atoms with van der Waals surface area (Å²) >= 11 is 7.53. The first kappa shape index (κ1) is 13.1. The number of hydrogen-bond donors (Lipinski definition) is 1. The second-order valence-electron chi connectivity index (χ2n) is 3.65. The summed E-state index contributed by atoms with van der Waals surface area (Å²) in [6.07, 6.45) is 0.888. The second kappa shape index (κ2) is 6.02. The highest BCUT2D eigenvalue weighted by atomic mass is 35.5. The predicted molar refractivity (Wildman–Crippen MR) is 74.6 cm³/mol. The van der Waals surface area contributed by atoms with Crippen molar-refractivity contribution < 1.29 is 4.74 Å². The first-order chi connectivity index (χ1) is 8.72. The number of aromatic nitrogens is 2. The van der Waals surface area contributed by atoms with Gasteiger partial charge < -0.3 is 10.1 Å². The molecule has 0 aliphatic rings. The monoisotopic (exact) mass is 283 g/mol. The van der Waals surface area contributed by atoms with Gasteiger partial charge in [-0.25, -0.2) is 0 Å². The van der Waals surface area contributed by atoms with Crippen molar-refractivity contribution in [1.29, 1.82) is 0 Å². The minimum Gasteiger partial charge on any atom is -0.486 e. The van der Waals surface area contributed by atoms with E-state index >= 15 is 0 Å². The van der Waals surface area contributed by atoms with Gasteiger partial charge in [0.25, 0.3) is 0 Å². The molecule has 6 heteroatoms. The highest BCUT2D eigenvalue weighted by Crippen LogP contribution is 2.24. The van der Waals surface area contributed by atoms with E-state index in [-0.39, 0.29) is 0 Å². The molecule has 1 N–H and O–H groups in total. The van der Waals surface area contributed by atoms with Gasteiger partial charge in [0.05, 0.1) is 0 Å². The summed E-state index contributed by atoms with van der Waals surface area (Å²) in [6.45, 7) is 2.49. The highest BCUT2D eigenvalue weighted by molar-refractivity contribution is 7.15. The fourth-order valence-corrected chi connectivity index (χ4v) is 2.33. The van der Waals surface area contributed by atoms with E-state index in [0.717, 1.165) is 32.9 Å². The van der Waals surface area contributed by atoms with Gasteiger partial charge in [0.1, 0.15) is 12.4 Å². The van der Waals surface area contributed by atoms with E-state index < -0.39 is 0 Å². The normalized spacial score (nSPS) is 10.4. The topological polar surface area (TPSA) is 47.0 Å². The third-order valence-corrected chi connectivity index (χ3v) is 3.72. The molecule has 4 nitrogen and oxygen atoms in total. The zero-order valence-corrected chi connectivity index (χ0v) is 11.8. The number of halogens is 1. The average Bonchev–Trinajstić information content (AvgIpc) is 2.86. The molecule has 0 spiro atoms. The third-order valence-electron chi connectivity index (χ3n) is 2.44. The average molecular weight is 284 g/mol. The number of benzene rings is 1. The molecule has 18 heavy (non-hydrogen) atoms. The number of anilines is 1. The van der Waals surface area contributed by atoms with E-state index in [9.17, 15) is 0 Å². The van der Waals surface area contributed by atoms with E-state index in [1.807, 2.05) is 25.2 Å². The van der Waals surface area contributed by atoms with Crippen LogP contribution in [-0.4, -0.2) is 17.2 Å². The Morgan fingerprint density at radius 3 is 2.89 bits per heavy atom. The Morgan fingerprint density at radius 2 is 2.22 bits per heavy atom. The zero-order chi connectivity index (χ0) is 13.0. The van der Waals surface area contributed by atoms with Gasteiger partial charge in [0.2, 0.25) is 5.13 Å². The fourth-order valence-electron chi connectivity index (χ4n) is 1.47. The molecule has 0 unspecified atom stereocenters. The molecule has 1 aromatic carbocycles. The Labute approximate surface area is 115 Å². The molecule has 0 amide bonds. The maximum absolute atomic E-state index is 6.05. The SMILES string of the molecule is CCc1cc(OCc2nnc(NC)s2)ccc1Cl. The van der Waals surface area contributed by atoms with Crippen LogP contribution < -0.4 is 10.1 Å². The number of nitrogens with zero attached hydrogens (tertiary/aromatic N) is 2. The van der Waals surface area contributed by atoms with Gasteiger partial charge in [-0.3, -0.25) is 0 Å². The van der Waals surface area contributed by atoms with Crippen LogP contribution in [0.2, 0.25) is 5.02 Å². The molecule has 0 atom stereocenters. The maximum Gasteiger partial charge on any atom is 0.205 e. The first-order valence-corrected chi connectivity index (χ1v) is 6.83. The van der Waals surface area contributed by atoms with Crippen LogP contribution in [0, 0.1) is 0 Å². The van der Waals surface area contributed by atoms with Crippen LogP contribution in [-0.2, 0) is 13.0 Å². The van der Waals surface area contributed by atoms with Crippen LogP contribution in [0.25, 0.3) is 0 Å². The molecule has 0 aliphatic carbocycles. The minimum atomic E-state index is 0.421. The zero-order valence-electron chi connectivity index (χ0n) is 10.2. The van der Waals surface area contributed by atoms with Gasteiger partial charge in [-0.1, -0.05) is 29.9 Å². The molecule has 0 saturated carbocycles. The summed E-state index contributed by atoms with van der Waals surface area (Å²) in [5.41, 5.74) is 1.09. The molecular weight excluding hydrogens is 270 g/mol. The summed E-state index contributed by atoms with van der Waals surface area (Å²) in [4.78, 5) is 0. The Hall–Kier alpha value is -1.33. The van der Waals surface area contributed by atoms with Gasteiger partial charge in [0.15, 0.2) is 5.01 Å². The molecule has 0 bridgehead atoms. The lowest BCUT2D eigenvalue weighted by molar-refractivity contribution is 0.304. The minimum absolute atomic E-state index is 0.421. The Morgan fingerprint density at radius 1 is 1.39 bits per heavy atom. The van der Waals surface area contributed by atoms with Crippen LogP contribution in [0.3, 0.4) is 0 Å². The van der Waals surface area contributed by atoms with E-state index in [2.05, 4.69) is 22.4 Å².